The molecule has 8 heteroatoms. The number of ether oxygens (including phenoxy) is 1. The molecule has 166 valence electrons. The quantitative estimate of drug-likeness (QED) is 0.726. The lowest BCUT2D eigenvalue weighted by Crippen LogP contribution is -2.36. The third-order valence-electron chi connectivity index (χ3n) is 7.11. The molecule has 1 aromatic carbocycles. The maximum atomic E-state index is 12.6. The summed E-state index contributed by atoms with van der Waals surface area (Å²) >= 11 is 5.91. The number of hydrogen-bond donors (Lipinski definition) is 0. The van der Waals surface area contributed by atoms with Gasteiger partial charge in [0.2, 0.25) is 0 Å². The van der Waals surface area contributed by atoms with Gasteiger partial charge in [-0.05, 0) is 49.4 Å². The van der Waals surface area contributed by atoms with E-state index in [9.17, 15) is 4.79 Å². The van der Waals surface area contributed by atoms with E-state index in [2.05, 4.69) is 46.2 Å². The Kier molecular flexibility index (Phi) is 5.91. The first-order valence-corrected chi connectivity index (χ1v) is 11.6. The van der Waals surface area contributed by atoms with Gasteiger partial charge in [-0.1, -0.05) is 23.7 Å². The molecule has 1 aliphatic carbocycles. The Morgan fingerprint density at radius 2 is 1.84 bits per heavy atom. The fourth-order valence-corrected chi connectivity index (χ4v) is 5.52. The summed E-state index contributed by atoms with van der Waals surface area (Å²) in [6, 6.07) is 9.50. The van der Waals surface area contributed by atoms with Crippen molar-refractivity contribution in [2.45, 2.75) is 25.4 Å². The molecule has 2 saturated heterocycles. The van der Waals surface area contributed by atoms with E-state index in [1.807, 2.05) is 4.90 Å². The molecule has 7 nitrogen and oxygen atoms in total. The van der Waals surface area contributed by atoms with Crippen LogP contribution in [0.3, 0.4) is 0 Å². The summed E-state index contributed by atoms with van der Waals surface area (Å²) in [7, 11) is 2.23. The van der Waals surface area contributed by atoms with Gasteiger partial charge in [0.25, 0.3) is 0 Å². The Balaban J connectivity index is 1.13. The highest BCUT2D eigenvalue weighted by atomic mass is 35.5. The molecular weight excluding hydrogens is 414 g/mol. The van der Waals surface area contributed by atoms with Crippen LogP contribution in [-0.4, -0.2) is 78.1 Å². The second kappa shape index (κ2) is 8.81. The van der Waals surface area contributed by atoms with Gasteiger partial charge >= 0.3 is 6.03 Å². The summed E-state index contributed by atoms with van der Waals surface area (Å²) in [5, 5.41) is 4.55. The van der Waals surface area contributed by atoms with Crippen LogP contribution in [0, 0.1) is 11.8 Å². The van der Waals surface area contributed by atoms with Crippen LogP contribution in [0.4, 0.5) is 10.5 Å². The fourth-order valence-electron chi connectivity index (χ4n) is 5.39. The summed E-state index contributed by atoms with van der Waals surface area (Å²) in [4.78, 5) is 19.4. The minimum absolute atomic E-state index is 0.0634. The number of likely N-dealkylation sites (tertiary alicyclic amines) is 1. The molecule has 5 rings (SSSR count). The number of carbonyl (C=O) groups excluding carboxylic acids is 1. The van der Waals surface area contributed by atoms with E-state index < -0.39 is 0 Å². The van der Waals surface area contributed by atoms with Crippen molar-refractivity contribution in [2.75, 3.05) is 51.3 Å². The maximum Gasteiger partial charge on any atom is 0.344 e. The number of morpholine rings is 1. The predicted octanol–water partition coefficient (Wildman–Crippen LogP) is 3.18. The van der Waals surface area contributed by atoms with Crippen LogP contribution in [0.25, 0.3) is 0 Å². The molecule has 0 N–H and O–H groups in total. The first-order valence-electron chi connectivity index (χ1n) is 11.2. The van der Waals surface area contributed by atoms with E-state index in [1.54, 1.807) is 6.20 Å². The lowest BCUT2D eigenvalue weighted by atomic mass is 10.0. The van der Waals surface area contributed by atoms with Gasteiger partial charge < -0.3 is 14.5 Å². The number of anilines is 1. The van der Waals surface area contributed by atoms with Crippen LogP contribution >= 0.6 is 11.6 Å². The number of amides is 1. The number of halogens is 1. The normalized spacial score (nSPS) is 26.0. The van der Waals surface area contributed by atoms with Gasteiger partial charge in [0.1, 0.15) is 0 Å². The Morgan fingerprint density at radius 1 is 1.16 bits per heavy atom. The average Bonchev–Trinajstić information content (AvgIpc) is 3.49. The lowest BCUT2D eigenvalue weighted by Gasteiger charge is -2.29. The molecule has 3 fully saturated rings. The number of aromatic nitrogens is 2. The summed E-state index contributed by atoms with van der Waals surface area (Å²) in [5.41, 5.74) is 2.64. The molecule has 1 saturated carbocycles. The van der Waals surface area contributed by atoms with Gasteiger partial charge in [-0.15, -0.1) is 0 Å². The smallest absolute Gasteiger partial charge is 0.344 e. The van der Waals surface area contributed by atoms with Crippen molar-refractivity contribution in [2.24, 2.45) is 11.8 Å². The molecule has 1 amide bonds. The highest BCUT2D eigenvalue weighted by molar-refractivity contribution is 6.30. The van der Waals surface area contributed by atoms with Crippen LogP contribution < -0.4 is 4.90 Å². The lowest BCUT2D eigenvalue weighted by molar-refractivity contribution is 0.122. The maximum absolute atomic E-state index is 12.6. The molecule has 0 unspecified atom stereocenters. The second-order valence-corrected chi connectivity index (χ2v) is 9.55. The van der Waals surface area contributed by atoms with Crippen LogP contribution in [0.1, 0.15) is 18.4 Å². The van der Waals surface area contributed by atoms with Crippen molar-refractivity contribution in [3.8, 4) is 0 Å². The number of fused-ring (bicyclic) bond motifs is 1. The fraction of sp³-hybridized carbons (Fsp3) is 0.565. The van der Waals surface area contributed by atoms with Crippen molar-refractivity contribution in [3.63, 3.8) is 0 Å². The molecule has 2 aliphatic heterocycles. The minimum Gasteiger partial charge on any atom is -0.378 e. The van der Waals surface area contributed by atoms with Crippen molar-refractivity contribution in [1.29, 1.82) is 0 Å². The standard InChI is InChI=1S/C23H30ClN5O2/c1-26(13-17-2-4-21(5-3-17)27-6-8-31-9-7-27)22-10-18-14-28(15-19(18)11-22)23(30)29-16-20(24)12-25-29/h2-5,12,16,18-19,22H,6-11,13-15H2,1H3/t18-,19+,22-. The van der Waals surface area contributed by atoms with Crippen molar-refractivity contribution in [1.82, 2.24) is 19.6 Å². The molecule has 2 aromatic rings. The minimum atomic E-state index is -0.0634. The number of benzene rings is 1. The van der Waals surface area contributed by atoms with Crippen LogP contribution in [0.2, 0.25) is 5.02 Å². The Morgan fingerprint density at radius 3 is 2.45 bits per heavy atom. The van der Waals surface area contributed by atoms with E-state index >= 15 is 0 Å². The van der Waals surface area contributed by atoms with Crippen molar-refractivity contribution >= 4 is 23.3 Å². The van der Waals surface area contributed by atoms with Gasteiger partial charge in [-0.25, -0.2) is 4.79 Å². The van der Waals surface area contributed by atoms with Gasteiger partial charge in [0.05, 0.1) is 30.6 Å². The van der Waals surface area contributed by atoms with Gasteiger partial charge in [0.15, 0.2) is 0 Å². The van der Waals surface area contributed by atoms with Crippen LogP contribution in [0.5, 0.6) is 0 Å². The molecule has 3 heterocycles. The largest absolute Gasteiger partial charge is 0.378 e. The van der Waals surface area contributed by atoms with Crippen molar-refractivity contribution in [3.05, 3.63) is 47.2 Å². The average molecular weight is 444 g/mol. The molecular formula is C23H30ClN5O2. The molecule has 3 atom stereocenters. The van der Waals surface area contributed by atoms with Gasteiger partial charge in [0, 0.05) is 44.5 Å². The van der Waals surface area contributed by atoms with E-state index in [-0.39, 0.29) is 6.03 Å². The van der Waals surface area contributed by atoms with Gasteiger partial charge in [-0.3, -0.25) is 4.90 Å². The Bertz CT molecular complexity index is 897. The second-order valence-electron chi connectivity index (χ2n) is 9.12. The number of carbonyl (C=O) groups is 1. The molecule has 3 aliphatic rings. The van der Waals surface area contributed by atoms with E-state index in [1.165, 1.54) is 22.1 Å². The first kappa shape index (κ1) is 20.8. The Hall–Kier alpha value is -2.09. The summed E-state index contributed by atoms with van der Waals surface area (Å²) in [6.45, 7) is 6.16. The Labute approximate surface area is 188 Å². The topological polar surface area (TPSA) is 53.8 Å². The van der Waals surface area contributed by atoms with Crippen LogP contribution in [0.15, 0.2) is 36.7 Å². The zero-order valence-corrected chi connectivity index (χ0v) is 18.7. The highest BCUT2D eigenvalue weighted by Crippen LogP contribution is 2.40. The van der Waals surface area contributed by atoms with E-state index in [0.717, 1.165) is 58.8 Å². The molecule has 0 bridgehead atoms. The number of nitrogens with zero attached hydrogens (tertiary/aromatic N) is 5. The zero-order valence-electron chi connectivity index (χ0n) is 18.0. The zero-order chi connectivity index (χ0) is 21.4. The predicted molar refractivity (Wildman–Crippen MR) is 121 cm³/mol. The molecule has 0 radical (unpaired) electrons. The molecule has 1 aromatic heterocycles. The summed E-state index contributed by atoms with van der Waals surface area (Å²) in [5.74, 6) is 1.15. The summed E-state index contributed by atoms with van der Waals surface area (Å²) in [6.07, 6.45) is 5.39. The summed E-state index contributed by atoms with van der Waals surface area (Å²) < 4.78 is 6.80. The third-order valence-corrected chi connectivity index (χ3v) is 7.31. The van der Waals surface area contributed by atoms with E-state index in [4.69, 9.17) is 16.3 Å². The molecule has 31 heavy (non-hydrogen) atoms. The first-order chi connectivity index (χ1) is 15.1. The highest BCUT2D eigenvalue weighted by Gasteiger charge is 2.43. The van der Waals surface area contributed by atoms with Gasteiger partial charge in [-0.2, -0.15) is 9.78 Å². The van der Waals surface area contributed by atoms with Crippen LogP contribution in [-0.2, 0) is 11.3 Å². The molecule has 0 spiro atoms. The van der Waals surface area contributed by atoms with Crippen molar-refractivity contribution < 1.29 is 9.53 Å². The van der Waals surface area contributed by atoms with E-state index in [0.29, 0.717) is 22.9 Å². The monoisotopic (exact) mass is 443 g/mol. The SMILES string of the molecule is CN(Cc1ccc(N2CCOCC2)cc1)[C@@H]1C[C@@H]2CN(C(=O)n3cc(Cl)cn3)C[C@@H]2C1. The number of rotatable bonds is 4. The number of hydrogen-bond acceptors (Lipinski definition) is 5. The third kappa shape index (κ3) is 4.45.